The first-order valence-electron chi connectivity index (χ1n) is 8.29. The fourth-order valence-electron chi connectivity index (χ4n) is 3.14. The van der Waals surface area contributed by atoms with E-state index in [0.717, 1.165) is 17.7 Å². The Morgan fingerprint density at radius 2 is 1.77 bits per heavy atom. The molecule has 4 rings (SSSR count). The standard InChI is InChI=1S/C20H16ClN2O2S/c21-15-6-8-16(9-7-15)23-19(24)18-17(11-13-26-18)22(20(23)25)12-10-14-4-2-1-3-5-14/h1-9,11,13,18H,10,12H2/q+1. The van der Waals surface area contributed by atoms with Crippen molar-refractivity contribution in [2.75, 3.05) is 11.4 Å². The highest BCUT2D eigenvalue weighted by atomic mass is 35.5. The molecular formula is C20H16ClN2O2S+. The summed E-state index contributed by atoms with van der Waals surface area (Å²) in [6, 6.07) is 16.5. The maximum atomic E-state index is 13.1. The molecule has 1 atom stereocenters. The van der Waals surface area contributed by atoms with Gasteiger partial charge in [-0.1, -0.05) is 41.9 Å². The first kappa shape index (κ1) is 17.1. The van der Waals surface area contributed by atoms with Gasteiger partial charge in [-0.2, -0.15) is 9.37 Å². The summed E-state index contributed by atoms with van der Waals surface area (Å²) in [5, 5.41) is 2.07. The molecule has 0 saturated carbocycles. The molecule has 3 amide bonds. The Bertz CT molecular complexity index is 923. The van der Waals surface area contributed by atoms with Gasteiger partial charge in [0.1, 0.15) is 11.4 Å². The monoisotopic (exact) mass is 383 g/mol. The third kappa shape index (κ3) is 3.08. The van der Waals surface area contributed by atoms with Crippen molar-refractivity contribution in [3.8, 4) is 0 Å². The molecule has 2 aliphatic heterocycles. The largest absolute Gasteiger partial charge is 0.506 e. The zero-order valence-corrected chi connectivity index (χ0v) is 15.4. The summed E-state index contributed by atoms with van der Waals surface area (Å²) in [7, 11) is 0. The summed E-state index contributed by atoms with van der Waals surface area (Å²) < 4.78 is 1.71. The van der Waals surface area contributed by atoms with E-state index in [1.165, 1.54) is 16.7 Å². The van der Waals surface area contributed by atoms with Gasteiger partial charge in [0.15, 0.2) is 5.25 Å². The van der Waals surface area contributed by atoms with E-state index in [2.05, 4.69) is 0 Å². The number of anilines is 1. The van der Waals surface area contributed by atoms with E-state index in [1.807, 2.05) is 41.8 Å². The van der Waals surface area contributed by atoms with Crippen LogP contribution in [0.3, 0.4) is 0 Å². The number of imide groups is 1. The lowest BCUT2D eigenvalue weighted by Crippen LogP contribution is -2.55. The van der Waals surface area contributed by atoms with Gasteiger partial charge in [-0.05, 0) is 41.3 Å². The molecule has 0 aromatic heterocycles. The zero-order chi connectivity index (χ0) is 18.1. The van der Waals surface area contributed by atoms with Crippen molar-refractivity contribution in [3.63, 3.8) is 0 Å². The highest BCUT2D eigenvalue weighted by molar-refractivity contribution is 8.04. The molecular weight excluding hydrogens is 368 g/mol. The molecule has 0 spiro atoms. The smallest absolute Gasteiger partial charge is 0.244 e. The Kier molecular flexibility index (Phi) is 4.66. The van der Waals surface area contributed by atoms with Crippen LogP contribution in [0, 0.1) is 0 Å². The number of halogens is 1. The van der Waals surface area contributed by atoms with E-state index in [-0.39, 0.29) is 17.2 Å². The van der Waals surface area contributed by atoms with Crippen molar-refractivity contribution in [3.05, 3.63) is 76.7 Å². The lowest BCUT2D eigenvalue weighted by atomic mass is 10.1. The van der Waals surface area contributed by atoms with Crippen molar-refractivity contribution >= 4 is 46.7 Å². The van der Waals surface area contributed by atoms with Crippen molar-refractivity contribution < 1.29 is 14.2 Å². The van der Waals surface area contributed by atoms with E-state index < -0.39 is 0 Å². The van der Waals surface area contributed by atoms with Gasteiger partial charge >= 0.3 is 11.9 Å². The average Bonchev–Trinajstić information content (AvgIpc) is 3.14. The first-order valence-corrected chi connectivity index (χ1v) is 9.61. The first-order chi connectivity index (χ1) is 12.6. The second-order valence-corrected chi connectivity index (χ2v) is 7.52. The van der Waals surface area contributed by atoms with Crippen molar-refractivity contribution in [2.24, 2.45) is 0 Å². The summed E-state index contributed by atoms with van der Waals surface area (Å²) >= 11 is 7.38. The quantitative estimate of drug-likeness (QED) is 0.745. The van der Waals surface area contributed by atoms with Crippen molar-refractivity contribution in [1.82, 2.24) is 0 Å². The number of hydrogen-bond donors (Lipinski definition) is 0. The van der Waals surface area contributed by atoms with Crippen LogP contribution < -0.4 is 4.90 Å². The van der Waals surface area contributed by atoms with Gasteiger partial charge in [0, 0.05) is 11.4 Å². The van der Waals surface area contributed by atoms with Crippen LogP contribution in [0.2, 0.25) is 5.02 Å². The third-order valence-corrected chi connectivity index (χ3v) is 5.71. The highest BCUT2D eigenvalue weighted by Crippen LogP contribution is 2.31. The van der Waals surface area contributed by atoms with Crippen LogP contribution in [0.4, 0.5) is 10.5 Å². The number of amides is 3. The minimum Gasteiger partial charge on any atom is -0.244 e. The lowest BCUT2D eigenvalue weighted by molar-refractivity contribution is -0.426. The van der Waals surface area contributed by atoms with Crippen LogP contribution in [0.25, 0.3) is 0 Å². The molecule has 2 aromatic carbocycles. The highest BCUT2D eigenvalue weighted by Gasteiger charge is 2.49. The molecule has 2 heterocycles. The van der Waals surface area contributed by atoms with Gasteiger partial charge in [0.25, 0.3) is 0 Å². The molecule has 6 heteroatoms. The van der Waals surface area contributed by atoms with E-state index in [9.17, 15) is 9.59 Å². The van der Waals surface area contributed by atoms with Crippen LogP contribution in [0.15, 0.2) is 66.1 Å². The van der Waals surface area contributed by atoms with Crippen LogP contribution >= 0.6 is 23.4 Å². The van der Waals surface area contributed by atoms with Crippen LogP contribution in [0.5, 0.6) is 0 Å². The molecule has 0 aliphatic carbocycles. The van der Waals surface area contributed by atoms with E-state index in [1.54, 1.807) is 28.8 Å². The van der Waals surface area contributed by atoms with Crippen LogP contribution in [-0.2, 0) is 11.2 Å². The van der Waals surface area contributed by atoms with Gasteiger partial charge in [-0.25, -0.2) is 4.79 Å². The Morgan fingerprint density at radius 1 is 1.04 bits per heavy atom. The fourth-order valence-corrected chi connectivity index (χ4v) is 4.21. The molecule has 0 radical (unpaired) electrons. The summed E-state index contributed by atoms with van der Waals surface area (Å²) in [5.41, 5.74) is 2.47. The van der Waals surface area contributed by atoms with Gasteiger partial charge in [-0.3, -0.25) is 0 Å². The minimum absolute atomic E-state index is 0.210. The maximum Gasteiger partial charge on any atom is 0.506 e. The van der Waals surface area contributed by atoms with Crippen LogP contribution in [-0.4, -0.2) is 34.0 Å². The fraction of sp³-hybridized carbons (Fsp3) is 0.150. The number of allylic oxidation sites excluding steroid dienone is 1. The van der Waals surface area contributed by atoms with Gasteiger partial charge < -0.3 is 0 Å². The second kappa shape index (κ2) is 7.09. The Labute approximate surface area is 160 Å². The number of fused-ring (bicyclic) bond motifs is 1. The second-order valence-electron chi connectivity index (χ2n) is 6.06. The molecule has 0 fully saturated rings. The number of urea groups is 1. The predicted octanol–water partition coefficient (Wildman–Crippen LogP) is 4.13. The molecule has 130 valence electrons. The molecule has 0 saturated heterocycles. The third-order valence-electron chi connectivity index (χ3n) is 4.45. The predicted molar refractivity (Wildman–Crippen MR) is 105 cm³/mol. The maximum absolute atomic E-state index is 13.1. The van der Waals surface area contributed by atoms with Crippen molar-refractivity contribution in [2.45, 2.75) is 11.7 Å². The van der Waals surface area contributed by atoms with Crippen molar-refractivity contribution in [1.29, 1.82) is 0 Å². The summed E-state index contributed by atoms with van der Waals surface area (Å²) in [6.45, 7) is 0.525. The summed E-state index contributed by atoms with van der Waals surface area (Å²) in [6.07, 6.45) is 2.60. The van der Waals surface area contributed by atoms with E-state index >= 15 is 0 Å². The topological polar surface area (TPSA) is 40.4 Å². The number of carbonyl (C=O) groups is 2. The normalized spacial score (nSPS) is 19.3. The SMILES string of the molecule is O=C1C2SC=CC2=[N+](CCc2ccccc2)C(=O)N1c1ccc(Cl)cc1. The number of carbonyl (C=O) groups excluding carboxylic acids is 2. The molecule has 0 N–H and O–H groups in total. The van der Waals surface area contributed by atoms with Gasteiger partial charge in [-0.15, -0.1) is 16.7 Å². The Balaban J connectivity index is 1.67. The van der Waals surface area contributed by atoms with Crippen LogP contribution in [0.1, 0.15) is 5.56 Å². The summed E-state index contributed by atoms with van der Waals surface area (Å²) in [5.74, 6) is -0.210. The molecule has 1 unspecified atom stereocenters. The molecule has 2 aromatic rings. The molecule has 2 aliphatic rings. The number of nitrogens with zero attached hydrogens (tertiary/aromatic N) is 2. The molecule has 4 nitrogen and oxygen atoms in total. The van der Waals surface area contributed by atoms with E-state index in [4.69, 9.17) is 11.6 Å². The Morgan fingerprint density at radius 3 is 2.50 bits per heavy atom. The lowest BCUT2D eigenvalue weighted by Gasteiger charge is -2.24. The molecule has 26 heavy (non-hydrogen) atoms. The number of rotatable bonds is 4. The zero-order valence-electron chi connectivity index (χ0n) is 13.8. The molecule has 0 bridgehead atoms. The van der Waals surface area contributed by atoms with Gasteiger partial charge in [0.05, 0.1) is 6.54 Å². The number of thioether (sulfide) groups is 1. The number of hydrogen-bond acceptors (Lipinski definition) is 3. The van der Waals surface area contributed by atoms with Gasteiger partial charge in [0.2, 0.25) is 0 Å². The minimum atomic E-state index is -0.376. The Hall–Kier alpha value is -2.37. The number of benzene rings is 2. The summed E-state index contributed by atoms with van der Waals surface area (Å²) in [4.78, 5) is 27.3. The average molecular weight is 384 g/mol. The van der Waals surface area contributed by atoms with E-state index in [0.29, 0.717) is 17.3 Å².